The van der Waals surface area contributed by atoms with E-state index in [2.05, 4.69) is 10.3 Å². The molecule has 0 unspecified atom stereocenters. The van der Waals surface area contributed by atoms with Crippen LogP contribution >= 0.6 is 11.3 Å². The first-order valence-corrected chi connectivity index (χ1v) is 7.77. The van der Waals surface area contributed by atoms with Gasteiger partial charge in [0.15, 0.2) is 5.13 Å². The summed E-state index contributed by atoms with van der Waals surface area (Å²) in [5.74, 6) is 0. The first kappa shape index (κ1) is 18.5. The molecular formula is C17H13BrF3N2S-. The van der Waals surface area contributed by atoms with Crippen LogP contribution in [0.4, 0.5) is 24.0 Å². The van der Waals surface area contributed by atoms with Crippen molar-refractivity contribution in [2.24, 2.45) is 0 Å². The van der Waals surface area contributed by atoms with Gasteiger partial charge in [-0.15, -0.1) is 11.3 Å². The van der Waals surface area contributed by atoms with Crippen molar-refractivity contribution < 1.29 is 30.2 Å². The van der Waals surface area contributed by atoms with Crippen molar-refractivity contribution >= 4 is 22.2 Å². The Labute approximate surface area is 152 Å². The van der Waals surface area contributed by atoms with Crippen molar-refractivity contribution in [2.45, 2.75) is 13.1 Å². The van der Waals surface area contributed by atoms with Gasteiger partial charge in [-0.05, 0) is 25.1 Å². The Hall–Kier alpha value is -1.86. The van der Waals surface area contributed by atoms with E-state index >= 15 is 0 Å². The summed E-state index contributed by atoms with van der Waals surface area (Å²) < 4.78 is 38.2. The monoisotopic (exact) mass is 413 g/mol. The van der Waals surface area contributed by atoms with Gasteiger partial charge < -0.3 is 22.3 Å². The van der Waals surface area contributed by atoms with Crippen LogP contribution in [0.5, 0.6) is 0 Å². The zero-order chi connectivity index (χ0) is 16.4. The molecule has 24 heavy (non-hydrogen) atoms. The summed E-state index contributed by atoms with van der Waals surface area (Å²) in [6.45, 7) is 2.01. The largest absolute Gasteiger partial charge is 1.00 e. The van der Waals surface area contributed by atoms with Gasteiger partial charge in [0.2, 0.25) is 0 Å². The fourth-order valence-electron chi connectivity index (χ4n) is 2.08. The summed E-state index contributed by atoms with van der Waals surface area (Å²) in [5.41, 5.74) is 2.61. The lowest BCUT2D eigenvalue weighted by atomic mass is 10.1. The summed E-state index contributed by atoms with van der Waals surface area (Å²) in [6.07, 6.45) is -4.35. The molecular weight excluding hydrogens is 401 g/mol. The minimum Gasteiger partial charge on any atom is -1.00 e. The van der Waals surface area contributed by atoms with E-state index < -0.39 is 11.7 Å². The number of anilines is 2. The third kappa shape index (κ3) is 4.36. The molecule has 0 fully saturated rings. The second kappa shape index (κ2) is 7.36. The minimum atomic E-state index is -4.35. The topological polar surface area (TPSA) is 24.9 Å². The maximum Gasteiger partial charge on any atom is 0.416 e. The molecule has 0 aliphatic carbocycles. The number of alkyl halides is 3. The smallest absolute Gasteiger partial charge is 0.416 e. The number of aromatic nitrogens is 1. The number of hydrogen-bond acceptors (Lipinski definition) is 3. The zero-order valence-electron chi connectivity index (χ0n) is 12.6. The molecule has 0 aliphatic heterocycles. The van der Waals surface area contributed by atoms with Crippen LogP contribution in [-0.4, -0.2) is 4.98 Å². The van der Waals surface area contributed by atoms with E-state index in [1.165, 1.54) is 17.4 Å². The Morgan fingerprint density at radius 2 is 1.75 bits per heavy atom. The lowest BCUT2D eigenvalue weighted by Crippen LogP contribution is -3.00. The average Bonchev–Trinajstić information content (AvgIpc) is 2.96. The lowest BCUT2D eigenvalue weighted by Gasteiger charge is -2.08. The van der Waals surface area contributed by atoms with Crippen LogP contribution in [0.1, 0.15) is 11.1 Å². The second-order valence-corrected chi connectivity index (χ2v) is 5.97. The Morgan fingerprint density at radius 3 is 2.42 bits per heavy atom. The van der Waals surface area contributed by atoms with E-state index in [9.17, 15) is 13.2 Å². The number of halogens is 4. The molecule has 0 radical (unpaired) electrons. The van der Waals surface area contributed by atoms with Gasteiger partial charge in [-0.1, -0.05) is 35.9 Å². The molecule has 1 heterocycles. The molecule has 0 bridgehead atoms. The van der Waals surface area contributed by atoms with Crippen molar-refractivity contribution in [3.05, 3.63) is 65.0 Å². The molecule has 2 aromatic carbocycles. The van der Waals surface area contributed by atoms with E-state index in [0.29, 0.717) is 10.8 Å². The van der Waals surface area contributed by atoms with Crippen LogP contribution in [0.3, 0.4) is 0 Å². The Kier molecular flexibility index (Phi) is 5.66. The van der Waals surface area contributed by atoms with Gasteiger partial charge in [-0.3, -0.25) is 0 Å². The summed E-state index contributed by atoms with van der Waals surface area (Å²) in [6, 6.07) is 13.0. The highest BCUT2D eigenvalue weighted by atomic mass is 79.9. The minimum absolute atomic E-state index is 0. The zero-order valence-corrected chi connectivity index (χ0v) is 15.0. The molecule has 0 atom stereocenters. The van der Waals surface area contributed by atoms with Crippen molar-refractivity contribution in [3.8, 4) is 11.3 Å². The van der Waals surface area contributed by atoms with Crippen molar-refractivity contribution in [1.29, 1.82) is 0 Å². The van der Waals surface area contributed by atoms with E-state index in [4.69, 9.17) is 0 Å². The Balaban J connectivity index is 0.00000208. The van der Waals surface area contributed by atoms with Crippen LogP contribution < -0.4 is 22.3 Å². The molecule has 7 heteroatoms. The van der Waals surface area contributed by atoms with Gasteiger partial charge in [0.25, 0.3) is 0 Å². The summed E-state index contributed by atoms with van der Waals surface area (Å²) >= 11 is 1.35. The number of rotatable bonds is 3. The highest BCUT2D eigenvalue weighted by molar-refractivity contribution is 7.14. The van der Waals surface area contributed by atoms with Gasteiger partial charge in [0, 0.05) is 16.6 Å². The van der Waals surface area contributed by atoms with Crippen LogP contribution in [0.25, 0.3) is 11.3 Å². The van der Waals surface area contributed by atoms with Gasteiger partial charge in [0.05, 0.1) is 11.3 Å². The predicted molar refractivity (Wildman–Crippen MR) is 87.0 cm³/mol. The fourth-order valence-corrected chi connectivity index (χ4v) is 2.82. The van der Waals surface area contributed by atoms with E-state index in [1.807, 2.05) is 36.6 Å². The second-order valence-electron chi connectivity index (χ2n) is 5.11. The summed E-state index contributed by atoms with van der Waals surface area (Å²) in [4.78, 5) is 4.42. The standard InChI is InChI=1S/C17H13F3N2S.BrH/c1-11-5-7-12(8-6-11)15-10-23-16(22-15)21-14-4-2-3-13(9-14)17(18,19)20;/h2-10H,1H3,(H,21,22);1H/p-1. The third-order valence-corrected chi connectivity index (χ3v) is 4.05. The van der Waals surface area contributed by atoms with Gasteiger partial charge >= 0.3 is 6.18 Å². The van der Waals surface area contributed by atoms with Crippen LogP contribution in [0.2, 0.25) is 0 Å². The number of thiazole rings is 1. The van der Waals surface area contributed by atoms with E-state index in [1.54, 1.807) is 6.07 Å². The Morgan fingerprint density at radius 1 is 1.04 bits per heavy atom. The molecule has 1 N–H and O–H groups in total. The molecule has 0 aliphatic rings. The van der Waals surface area contributed by atoms with Crippen molar-refractivity contribution in [3.63, 3.8) is 0 Å². The summed E-state index contributed by atoms with van der Waals surface area (Å²) in [7, 11) is 0. The van der Waals surface area contributed by atoms with Crippen LogP contribution in [-0.2, 0) is 6.18 Å². The van der Waals surface area contributed by atoms with E-state index in [0.717, 1.165) is 29.0 Å². The molecule has 0 saturated carbocycles. The van der Waals surface area contributed by atoms with E-state index in [-0.39, 0.29) is 17.0 Å². The van der Waals surface area contributed by atoms with Crippen LogP contribution in [0.15, 0.2) is 53.9 Å². The maximum absolute atomic E-state index is 12.7. The lowest BCUT2D eigenvalue weighted by molar-refractivity contribution is -0.137. The fraction of sp³-hybridized carbons (Fsp3) is 0.118. The average molecular weight is 414 g/mol. The normalized spacial score (nSPS) is 11.0. The first-order chi connectivity index (χ1) is 10.9. The predicted octanol–water partition coefficient (Wildman–Crippen LogP) is 2.88. The first-order valence-electron chi connectivity index (χ1n) is 6.89. The highest BCUT2D eigenvalue weighted by Gasteiger charge is 2.30. The SMILES string of the molecule is Cc1ccc(-c2csc(Nc3cccc(C(F)(F)F)c3)n2)cc1.[Br-]. The van der Waals surface area contributed by atoms with Gasteiger partial charge in [-0.2, -0.15) is 13.2 Å². The molecule has 1 aromatic heterocycles. The molecule has 126 valence electrons. The summed E-state index contributed by atoms with van der Waals surface area (Å²) in [5, 5.41) is 5.36. The number of aryl methyl sites for hydroxylation is 1. The highest BCUT2D eigenvalue weighted by Crippen LogP contribution is 2.32. The van der Waals surface area contributed by atoms with Crippen molar-refractivity contribution in [1.82, 2.24) is 4.98 Å². The molecule has 3 aromatic rings. The van der Waals surface area contributed by atoms with Crippen LogP contribution in [0, 0.1) is 6.92 Å². The number of nitrogens with one attached hydrogen (secondary N) is 1. The number of hydrogen-bond donors (Lipinski definition) is 1. The maximum atomic E-state index is 12.7. The number of nitrogens with zero attached hydrogens (tertiary/aromatic N) is 1. The molecule has 3 rings (SSSR count). The third-order valence-electron chi connectivity index (χ3n) is 3.29. The van der Waals surface area contributed by atoms with Gasteiger partial charge in [-0.25, -0.2) is 4.98 Å². The quantitative estimate of drug-likeness (QED) is 0.713. The molecule has 0 spiro atoms. The Bertz CT molecular complexity index is 813. The molecule has 0 amide bonds. The molecule has 2 nitrogen and oxygen atoms in total. The molecule has 0 saturated heterocycles. The van der Waals surface area contributed by atoms with Gasteiger partial charge in [0.1, 0.15) is 0 Å². The van der Waals surface area contributed by atoms with Crippen molar-refractivity contribution in [2.75, 3.05) is 5.32 Å². The number of benzene rings is 2.